The van der Waals surface area contributed by atoms with Crippen LogP contribution in [-0.4, -0.2) is 57.5 Å². The maximum atomic E-state index is 14.3. The van der Waals surface area contributed by atoms with Crippen molar-refractivity contribution >= 4 is 11.6 Å². The first-order valence-electron chi connectivity index (χ1n) is 14.1. The molecule has 44 heavy (non-hydrogen) atoms. The highest BCUT2D eigenvalue weighted by Crippen LogP contribution is 2.50. The smallest absolute Gasteiger partial charge is 0.366 e. The van der Waals surface area contributed by atoms with Gasteiger partial charge in [0, 0.05) is 55.7 Å². The van der Waals surface area contributed by atoms with Crippen molar-refractivity contribution in [1.29, 1.82) is 5.26 Å². The summed E-state index contributed by atoms with van der Waals surface area (Å²) in [5.74, 6) is -0.0543. The van der Waals surface area contributed by atoms with Crippen LogP contribution in [0.5, 0.6) is 0 Å². The van der Waals surface area contributed by atoms with Gasteiger partial charge in [0.05, 0.1) is 24.8 Å². The number of nitriles is 1. The van der Waals surface area contributed by atoms with Gasteiger partial charge in [0.1, 0.15) is 12.2 Å². The molecule has 1 saturated heterocycles. The van der Waals surface area contributed by atoms with E-state index in [4.69, 9.17) is 4.74 Å². The Kier molecular flexibility index (Phi) is 7.44. The Bertz CT molecular complexity index is 1620. The zero-order valence-corrected chi connectivity index (χ0v) is 23.6. The average molecular weight is 619 g/mol. The van der Waals surface area contributed by atoms with Crippen LogP contribution in [0.2, 0.25) is 0 Å². The van der Waals surface area contributed by atoms with Gasteiger partial charge >= 0.3 is 12.4 Å². The van der Waals surface area contributed by atoms with Gasteiger partial charge in [-0.2, -0.15) is 31.6 Å². The second-order valence-corrected chi connectivity index (χ2v) is 11.8. The lowest BCUT2D eigenvalue weighted by Gasteiger charge is -2.45. The molecule has 2 aromatic carbocycles. The van der Waals surface area contributed by atoms with E-state index in [0.717, 1.165) is 17.5 Å². The third kappa shape index (κ3) is 5.54. The number of alkyl halides is 6. The van der Waals surface area contributed by atoms with Crippen LogP contribution < -0.4 is 4.90 Å². The molecular formula is C30H28F6N6O2. The van der Waals surface area contributed by atoms with Crippen LogP contribution in [0, 0.1) is 17.2 Å². The van der Waals surface area contributed by atoms with Crippen LogP contribution in [0.25, 0.3) is 0 Å². The quantitative estimate of drug-likeness (QED) is 0.355. The predicted octanol–water partition coefficient (Wildman–Crippen LogP) is 5.17. The van der Waals surface area contributed by atoms with Crippen LogP contribution in [0.1, 0.15) is 51.3 Å². The third-order valence-electron chi connectivity index (χ3n) is 8.86. The Balaban J connectivity index is 1.30. The van der Waals surface area contributed by atoms with Gasteiger partial charge in [-0.3, -0.25) is 9.69 Å². The Morgan fingerprint density at radius 2 is 1.91 bits per heavy atom. The molecular weight excluding hydrogens is 590 g/mol. The Labute approximate surface area is 248 Å². The lowest BCUT2D eigenvalue weighted by Crippen LogP contribution is -2.48. The summed E-state index contributed by atoms with van der Waals surface area (Å²) in [5.41, 5.74) is -0.371. The molecule has 232 valence electrons. The minimum absolute atomic E-state index is 0.0995. The van der Waals surface area contributed by atoms with E-state index in [2.05, 4.69) is 16.3 Å². The largest absolute Gasteiger partial charge is 0.416 e. The summed E-state index contributed by atoms with van der Waals surface area (Å²) in [6, 6.07) is 11.6. The molecule has 0 unspecified atom stereocenters. The highest BCUT2D eigenvalue weighted by atomic mass is 19.4. The molecule has 2 aliphatic heterocycles. The summed E-state index contributed by atoms with van der Waals surface area (Å²) in [4.78, 5) is 16.3. The van der Waals surface area contributed by atoms with Gasteiger partial charge in [-0.25, -0.2) is 0 Å². The Morgan fingerprint density at radius 1 is 1.14 bits per heavy atom. The van der Waals surface area contributed by atoms with Gasteiger partial charge in [0.25, 0.3) is 5.91 Å². The third-order valence-corrected chi connectivity index (χ3v) is 8.86. The van der Waals surface area contributed by atoms with Crippen molar-refractivity contribution in [2.45, 2.75) is 56.2 Å². The number of aryl methyl sites for hydroxylation is 1. The minimum atomic E-state index is -4.78. The molecule has 2 fully saturated rings. The standard InChI is InChI=1S/C30H28F6N6O2/c1-40-17-38-39-26(40)12-28(10-19(11-28)13-37)20-3-2-4-21(9-20)42-15-23-22(27(42)43)7-18(8-24(23)29(31,32)33)14-41-5-6-44-25(16-41)30(34,35)36/h2-4,7-9,17,19,25H,5-6,10-12,14-16H2,1H3/t19-,25-,28-/m0/s1. The number of nitrogens with zero attached hydrogens (tertiary/aromatic N) is 6. The molecule has 6 rings (SSSR count). The van der Waals surface area contributed by atoms with Crippen LogP contribution >= 0.6 is 0 Å². The van der Waals surface area contributed by atoms with Crippen molar-refractivity contribution in [3.63, 3.8) is 0 Å². The van der Waals surface area contributed by atoms with Gasteiger partial charge in [0.15, 0.2) is 6.10 Å². The van der Waals surface area contributed by atoms with E-state index >= 15 is 0 Å². The number of anilines is 1. The summed E-state index contributed by atoms with van der Waals surface area (Å²) >= 11 is 0. The fraction of sp³-hybridized carbons (Fsp3) is 0.467. The SMILES string of the molecule is Cn1cnnc1C[C@]1(c2cccc(N3Cc4c(cc(CN5CCO[C@H](C(F)(F)F)C5)cc4C(F)(F)F)C3=O)c2)C[C@H](C#N)C1. The maximum Gasteiger partial charge on any atom is 0.416 e. The number of hydrogen-bond donors (Lipinski definition) is 0. The molecule has 3 aliphatic rings. The fourth-order valence-electron chi connectivity index (χ4n) is 6.55. The van der Waals surface area contributed by atoms with Crippen molar-refractivity contribution < 1.29 is 35.9 Å². The van der Waals surface area contributed by atoms with E-state index in [1.165, 1.54) is 15.9 Å². The maximum absolute atomic E-state index is 14.3. The number of halogens is 6. The van der Waals surface area contributed by atoms with Gasteiger partial charge in [0.2, 0.25) is 0 Å². The van der Waals surface area contributed by atoms with E-state index in [0.29, 0.717) is 24.9 Å². The van der Waals surface area contributed by atoms with Crippen molar-refractivity contribution in [2.75, 3.05) is 24.6 Å². The summed E-state index contributed by atoms with van der Waals surface area (Å²) in [5, 5.41) is 17.6. The van der Waals surface area contributed by atoms with E-state index < -0.39 is 41.9 Å². The topological polar surface area (TPSA) is 87.3 Å². The normalized spacial score (nSPS) is 24.2. The molecule has 1 aliphatic carbocycles. The second kappa shape index (κ2) is 10.9. The first kappa shape index (κ1) is 30.1. The molecule has 1 amide bonds. The Morgan fingerprint density at radius 3 is 2.57 bits per heavy atom. The molecule has 0 bridgehead atoms. The van der Waals surface area contributed by atoms with Gasteiger partial charge in [-0.1, -0.05) is 12.1 Å². The molecule has 8 nitrogen and oxygen atoms in total. The van der Waals surface area contributed by atoms with Crippen LogP contribution in [-0.2, 0) is 42.9 Å². The number of morpholine rings is 1. The number of rotatable bonds is 6. The number of amides is 1. The number of benzene rings is 2. The number of aromatic nitrogens is 3. The molecule has 0 N–H and O–H groups in total. The van der Waals surface area contributed by atoms with E-state index in [-0.39, 0.29) is 48.8 Å². The summed E-state index contributed by atoms with van der Waals surface area (Å²) in [6.45, 7) is -1.12. The lowest BCUT2D eigenvalue weighted by atomic mass is 9.57. The van der Waals surface area contributed by atoms with E-state index in [9.17, 15) is 36.4 Å². The number of ether oxygens (including phenoxy) is 1. The molecule has 3 aromatic rings. The van der Waals surface area contributed by atoms with Crippen molar-refractivity contribution in [3.05, 3.63) is 76.4 Å². The highest BCUT2D eigenvalue weighted by Gasteiger charge is 2.48. The molecule has 1 aromatic heterocycles. The molecule has 1 saturated carbocycles. The number of hydrogen-bond acceptors (Lipinski definition) is 6. The predicted molar refractivity (Wildman–Crippen MR) is 144 cm³/mol. The molecule has 0 radical (unpaired) electrons. The van der Waals surface area contributed by atoms with Gasteiger partial charge in [-0.15, -0.1) is 10.2 Å². The highest BCUT2D eigenvalue weighted by molar-refractivity contribution is 6.10. The van der Waals surface area contributed by atoms with Crippen molar-refractivity contribution in [2.24, 2.45) is 13.0 Å². The number of carbonyl (C=O) groups is 1. The summed E-state index contributed by atoms with van der Waals surface area (Å²) in [6.07, 6.45) is -8.21. The monoisotopic (exact) mass is 618 g/mol. The molecule has 0 spiro atoms. The zero-order valence-electron chi connectivity index (χ0n) is 23.6. The van der Waals surface area contributed by atoms with Gasteiger partial charge in [-0.05, 0) is 53.8 Å². The molecule has 14 heteroatoms. The summed E-state index contributed by atoms with van der Waals surface area (Å²) < 4.78 is 89.1. The minimum Gasteiger partial charge on any atom is -0.366 e. The first-order valence-corrected chi connectivity index (χ1v) is 14.1. The van der Waals surface area contributed by atoms with Crippen LogP contribution in [0.4, 0.5) is 32.0 Å². The van der Waals surface area contributed by atoms with Crippen LogP contribution in [0.3, 0.4) is 0 Å². The summed E-state index contributed by atoms with van der Waals surface area (Å²) in [7, 11) is 1.82. The molecule has 1 atom stereocenters. The van der Waals surface area contributed by atoms with Crippen molar-refractivity contribution in [1.82, 2.24) is 19.7 Å². The van der Waals surface area contributed by atoms with Crippen molar-refractivity contribution in [3.8, 4) is 6.07 Å². The second-order valence-electron chi connectivity index (χ2n) is 11.8. The van der Waals surface area contributed by atoms with E-state index in [1.54, 1.807) is 29.1 Å². The number of fused-ring (bicyclic) bond motifs is 1. The Hall–Kier alpha value is -3.96. The lowest BCUT2D eigenvalue weighted by molar-refractivity contribution is -0.237. The molecule has 3 heterocycles. The van der Waals surface area contributed by atoms with Gasteiger partial charge < -0.3 is 14.2 Å². The fourth-order valence-corrected chi connectivity index (χ4v) is 6.55. The zero-order chi connectivity index (χ0) is 31.4. The number of carbonyl (C=O) groups excluding carboxylic acids is 1. The first-order chi connectivity index (χ1) is 20.8. The van der Waals surface area contributed by atoms with Crippen LogP contribution in [0.15, 0.2) is 42.7 Å². The van der Waals surface area contributed by atoms with E-state index in [1.807, 2.05) is 13.1 Å². The average Bonchev–Trinajstić information content (AvgIpc) is 3.51.